The lowest BCUT2D eigenvalue weighted by Gasteiger charge is -2.41. The van der Waals surface area contributed by atoms with Crippen LogP contribution in [0, 0.1) is 17.8 Å². The molecule has 0 aromatic heterocycles. The van der Waals surface area contributed by atoms with Gasteiger partial charge in [0.05, 0.1) is 18.6 Å². The van der Waals surface area contributed by atoms with E-state index in [4.69, 9.17) is 10.5 Å². The summed E-state index contributed by atoms with van der Waals surface area (Å²) in [5.41, 5.74) is 8.09. The first-order valence-electron chi connectivity index (χ1n) is 13.6. The van der Waals surface area contributed by atoms with Crippen LogP contribution in [0.25, 0.3) is 11.1 Å². The summed E-state index contributed by atoms with van der Waals surface area (Å²) in [7, 11) is 5.60. The summed E-state index contributed by atoms with van der Waals surface area (Å²) in [5, 5.41) is 35.9. The number of aromatic hydroxyl groups is 1. The molecule has 216 valence electrons. The molecule has 0 saturated heterocycles. The van der Waals surface area contributed by atoms with Crippen molar-refractivity contribution < 1.29 is 34.4 Å². The third-order valence-corrected chi connectivity index (χ3v) is 8.39. The second-order valence-electron chi connectivity index (χ2n) is 11.3. The highest BCUT2D eigenvalue weighted by molar-refractivity contribution is 6.22. The number of hydrogen-bond donors (Lipinski definition) is 5. The molecular weight excluding hydrogens is 526 g/mol. The van der Waals surface area contributed by atoms with E-state index in [-0.39, 0.29) is 29.1 Å². The topological polar surface area (TPSA) is 162 Å². The number of nitrogens with zero attached hydrogens (tertiary/aromatic N) is 1. The molecule has 2 aromatic rings. The Balaban J connectivity index is 1.56. The lowest BCUT2D eigenvalue weighted by molar-refractivity contribution is -0.126. The smallest absolute Gasteiger partial charge is 0.255 e. The Morgan fingerprint density at radius 3 is 2.54 bits per heavy atom. The average Bonchev–Trinajstić information content (AvgIpc) is 2.90. The molecule has 0 saturated carbocycles. The van der Waals surface area contributed by atoms with Crippen molar-refractivity contribution in [2.75, 3.05) is 34.3 Å². The van der Waals surface area contributed by atoms with Crippen molar-refractivity contribution in [2.24, 2.45) is 23.5 Å². The van der Waals surface area contributed by atoms with Crippen LogP contribution in [-0.2, 0) is 22.6 Å². The van der Waals surface area contributed by atoms with Crippen molar-refractivity contribution in [1.82, 2.24) is 10.2 Å². The largest absolute Gasteiger partial charge is 0.511 e. The number of amides is 1. The van der Waals surface area contributed by atoms with Gasteiger partial charge in [0.2, 0.25) is 0 Å². The maximum Gasteiger partial charge on any atom is 0.255 e. The van der Waals surface area contributed by atoms with Crippen LogP contribution in [0.2, 0.25) is 0 Å². The Bertz CT molecular complexity index is 1510. The zero-order chi connectivity index (χ0) is 29.6. The van der Waals surface area contributed by atoms with E-state index >= 15 is 0 Å². The first-order valence-corrected chi connectivity index (χ1v) is 13.6. The monoisotopic (exact) mass is 561 g/mol. The number of nitrogens with one attached hydrogen (secondary N) is 1. The van der Waals surface area contributed by atoms with Crippen LogP contribution >= 0.6 is 0 Å². The van der Waals surface area contributed by atoms with Gasteiger partial charge in [0.15, 0.2) is 11.6 Å². The van der Waals surface area contributed by atoms with E-state index < -0.39 is 46.6 Å². The van der Waals surface area contributed by atoms with Gasteiger partial charge in [-0.15, -0.1) is 0 Å². The van der Waals surface area contributed by atoms with Crippen LogP contribution in [0.15, 0.2) is 53.0 Å². The maximum atomic E-state index is 13.9. The number of primary amides is 1. The molecule has 10 heteroatoms. The molecule has 5 rings (SSSR count). The summed E-state index contributed by atoms with van der Waals surface area (Å²) in [6, 6.07) is 9.08. The minimum absolute atomic E-state index is 0.00679. The number of carbonyl (C=O) groups excluding carboxylic acids is 3. The van der Waals surface area contributed by atoms with E-state index in [1.165, 1.54) is 6.07 Å². The molecule has 10 nitrogen and oxygen atoms in total. The second kappa shape index (κ2) is 11.0. The summed E-state index contributed by atoms with van der Waals surface area (Å²) in [6.07, 6.45) is 0.648. The highest BCUT2D eigenvalue weighted by Gasteiger charge is 2.50. The number of rotatable bonds is 8. The van der Waals surface area contributed by atoms with Gasteiger partial charge in [-0.1, -0.05) is 12.1 Å². The SMILES string of the molecule is COc1ccc(CNCCN(C)C)cc1-c1ccc(O)c2c1C[C@H]1C[C@H]3CC(O)=C(C(N)=O)C(=O)C3C(O)=C1C2=O. The molecule has 2 aromatic carbocycles. The highest BCUT2D eigenvalue weighted by Crippen LogP contribution is 2.51. The maximum absolute atomic E-state index is 13.9. The Morgan fingerprint density at radius 2 is 1.85 bits per heavy atom. The molecule has 3 atom stereocenters. The van der Waals surface area contributed by atoms with Crippen molar-refractivity contribution in [1.29, 1.82) is 0 Å². The van der Waals surface area contributed by atoms with E-state index in [1.807, 2.05) is 32.3 Å². The predicted molar refractivity (Wildman–Crippen MR) is 152 cm³/mol. The third kappa shape index (κ3) is 4.98. The van der Waals surface area contributed by atoms with E-state index in [9.17, 15) is 29.7 Å². The van der Waals surface area contributed by atoms with Gasteiger partial charge in [0.1, 0.15) is 28.6 Å². The molecule has 6 N–H and O–H groups in total. The molecule has 3 aliphatic carbocycles. The van der Waals surface area contributed by atoms with Crippen LogP contribution < -0.4 is 15.8 Å². The van der Waals surface area contributed by atoms with Crippen molar-refractivity contribution in [3.05, 3.63) is 69.7 Å². The quantitative estimate of drug-likeness (QED) is 0.241. The average molecular weight is 562 g/mol. The van der Waals surface area contributed by atoms with Gasteiger partial charge in [-0.3, -0.25) is 14.4 Å². The molecule has 1 unspecified atom stereocenters. The van der Waals surface area contributed by atoms with Gasteiger partial charge in [-0.2, -0.15) is 0 Å². The van der Waals surface area contributed by atoms with Crippen molar-refractivity contribution in [3.63, 3.8) is 0 Å². The number of carbonyl (C=O) groups is 3. The Kier molecular flexibility index (Phi) is 7.63. The number of benzene rings is 2. The van der Waals surface area contributed by atoms with E-state index in [1.54, 1.807) is 13.2 Å². The van der Waals surface area contributed by atoms with E-state index in [2.05, 4.69) is 10.2 Å². The summed E-state index contributed by atoms with van der Waals surface area (Å²) >= 11 is 0. The normalized spacial score (nSPS) is 22.0. The van der Waals surface area contributed by atoms with Crippen LogP contribution in [0.3, 0.4) is 0 Å². The van der Waals surface area contributed by atoms with E-state index in [0.717, 1.165) is 29.8 Å². The lowest BCUT2D eigenvalue weighted by Crippen LogP contribution is -2.43. The predicted octanol–water partition coefficient (Wildman–Crippen LogP) is 2.79. The molecule has 41 heavy (non-hydrogen) atoms. The fourth-order valence-corrected chi connectivity index (χ4v) is 6.50. The number of fused-ring (bicyclic) bond motifs is 3. The minimum Gasteiger partial charge on any atom is -0.511 e. The number of phenols is 1. The molecule has 0 spiro atoms. The number of phenolic OH excluding ortho intramolecular Hbond substituents is 1. The Labute approximate surface area is 238 Å². The summed E-state index contributed by atoms with van der Waals surface area (Å²) in [4.78, 5) is 40.9. The Hall–Kier alpha value is -4.15. The van der Waals surface area contributed by atoms with Crippen molar-refractivity contribution in [2.45, 2.75) is 25.8 Å². The lowest BCUT2D eigenvalue weighted by atomic mass is 9.62. The van der Waals surface area contributed by atoms with Crippen LogP contribution in [0.1, 0.15) is 34.3 Å². The molecule has 0 radical (unpaired) electrons. The molecule has 3 aliphatic rings. The van der Waals surface area contributed by atoms with E-state index in [0.29, 0.717) is 30.7 Å². The minimum atomic E-state index is -1.15. The zero-order valence-electron chi connectivity index (χ0n) is 23.4. The highest BCUT2D eigenvalue weighted by atomic mass is 16.5. The van der Waals surface area contributed by atoms with Gasteiger partial charge >= 0.3 is 0 Å². The van der Waals surface area contributed by atoms with Crippen molar-refractivity contribution in [3.8, 4) is 22.6 Å². The number of likely N-dealkylation sites (N-methyl/N-ethyl adjacent to an activating group) is 1. The second-order valence-corrected chi connectivity index (χ2v) is 11.3. The van der Waals surface area contributed by atoms with Gasteiger partial charge in [-0.05, 0) is 73.7 Å². The number of Topliss-reactive ketones (excluding diaryl/α,β-unsaturated/α-hetero) is 2. The number of aliphatic hydroxyl groups is 2. The van der Waals surface area contributed by atoms with Crippen molar-refractivity contribution >= 4 is 17.5 Å². The summed E-state index contributed by atoms with van der Waals surface area (Å²) < 4.78 is 5.68. The number of aliphatic hydroxyl groups excluding tert-OH is 2. The molecule has 0 fully saturated rings. The standard InChI is InChI=1S/C31H35N3O7/c1-34(2)9-8-33-14-15-4-7-23(41-3)19(10-15)18-5-6-21(35)26-20(18)12-16-11-17-13-22(36)27(31(32)40)30(39)25(17)28(37)24(16)29(26)38/h4-7,10,16-17,25,33,35-37H,8-9,11-14H2,1-3H3,(H2,32,40)/t16-,17+,25?/m1/s1. The van der Waals surface area contributed by atoms with Gasteiger partial charge in [0, 0.05) is 37.2 Å². The Morgan fingerprint density at radius 1 is 1.10 bits per heavy atom. The van der Waals surface area contributed by atoms with Gasteiger partial charge in [-0.25, -0.2) is 0 Å². The van der Waals surface area contributed by atoms with Gasteiger partial charge in [0.25, 0.3) is 5.91 Å². The van der Waals surface area contributed by atoms with Crippen LogP contribution in [0.5, 0.6) is 11.5 Å². The number of allylic oxidation sites excluding steroid dienone is 3. The summed E-state index contributed by atoms with van der Waals surface area (Å²) in [5.74, 6) is -4.92. The number of methoxy groups -OCH3 is 1. The van der Waals surface area contributed by atoms with Crippen LogP contribution in [0.4, 0.5) is 0 Å². The zero-order valence-corrected chi connectivity index (χ0v) is 23.4. The molecule has 0 bridgehead atoms. The fraction of sp³-hybridized carbons (Fsp3) is 0.387. The molecular formula is C31H35N3O7. The van der Waals surface area contributed by atoms with Gasteiger partial charge < -0.3 is 36.0 Å². The summed E-state index contributed by atoms with van der Waals surface area (Å²) in [6.45, 7) is 2.34. The fourth-order valence-electron chi connectivity index (χ4n) is 6.50. The number of ketones is 2. The third-order valence-electron chi connectivity index (χ3n) is 8.39. The molecule has 0 heterocycles. The number of ether oxygens (including phenoxy) is 1. The molecule has 1 amide bonds. The van der Waals surface area contributed by atoms with Crippen LogP contribution in [-0.4, -0.2) is 72.0 Å². The molecule has 0 aliphatic heterocycles. The first-order chi connectivity index (χ1) is 19.5. The first kappa shape index (κ1) is 28.4. The number of hydrogen-bond acceptors (Lipinski definition) is 9. The number of nitrogens with two attached hydrogens (primary N) is 1.